The molecule has 0 bridgehead atoms. The normalized spacial score (nSPS) is 16.6. The number of nitrogens with one attached hydrogen (secondary N) is 1. The molecule has 1 heterocycles. The Bertz CT molecular complexity index is 412. The largest absolute Gasteiger partial charge is 0.466 e. The van der Waals surface area contributed by atoms with E-state index in [1.54, 1.807) is 11.3 Å². The van der Waals surface area contributed by atoms with Gasteiger partial charge in [0.05, 0.1) is 18.7 Å². The minimum absolute atomic E-state index is 0.140. The first-order chi connectivity index (χ1) is 9.78. The van der Waals surface area contributed by atoms with E-state index in [2.05, 4.69) is 10.3 Å². The predicted octanol–water partition coefficient (Wildman–Crippen LogP) is 3.77. The first kappa shape index (κ1) is 15.3. The van der Waals surface area contributed by atoms with E-state index in [4.69, 9.17) is 4.74 Å². The lowest BCUT2D eigenvalue weighted by Crippen LogP contribution is -2.18. The molecule has 0 spiro atoms. The highest BCUT2D eigenvalue weighted by molar-refractivity contribution is 7.13. The summed E-state index contributed by atoms with van der Waals surface area (Å²) in [5.74, 6) is -0.140. The number of carbonyl (C=O) groups excluding carboxylic acids is 1. The Balaban J connectivity index is 1.77. The summed E-state index contributed by atoms with van der Waals surface area (Å²) < 4.78 is 4.93. The molecule has 1 aliphatic carbocycles. The Hall–Kier alpha value is -1.10. The number of nitrogens with zero attached hydrogens (tertiary/aromatic N) is 1. The van der Waals surface area contributed by atoms with Crippen LogP contribution in [0.5, 0.6) is 0 Å². The number of hydrogen-bond acceptors (Lipinski definition) is 5. The summed E-state index contributed by atoms with van der Waals surface area (Å²) in [5.41, 5.74) is 0.985. The van der Waals surface area contributed by atoms with E-state index in [0.717, 1.165) is 10.8 Å². The van der Waals surface area contributed by atoms with Crippen LogP contribution in [0.4, 0.5) is 5.13 Å². The summed E-state index contributed by atoms with van der Waals surface area (Å²) >= 11 is 1.64. The number of aromatic nitrogens is 1. The van der Waals surface area contributed by atoms with Crippen molar-refractivity contribution in [1.29, 1.82) is 0 Å². The molecule has 1 aromatic rings. The Labute approximate surface area is 124 Å². The fraction of sp³-hybridized carbons (Fsp3) is 0.733. The second-order valence-electron chi connectivity index (χ2n) is 5.28. The minimum atomic E-state index is -0.140. The monoisotopic (exact) mass is 296 g/mol. The molecule has 1 N–H and O–H groups in total. The van der Waals surface area contributed by atoms with Gasteiger partial charge in [-0.3, -0.25) is 4.79 Å². The maximum Gasteiger partial charge on any atom is 0.306 e. The molecule has 0 aromatic carbocycles. The molecule has 1 aliphatic rings. The van der Waals surface area contributed by atoms with E-state index in [1.165, 1.54) is 38.5 Å². The van der Waals surface area contributed by atoms with E-state index in [9.17, 15) is 4.79 Å². The molecule has 1 aromatic heterocycles. The maximum atomic E-state index is 11.3. The van der Waals surface area contributed by atoms with Crippen molar-refractivity contribution < 1.29 is 9.53 Å². The smallest absolute Gasteiger partial charge is 0.306 e. The molecular weight excluding hydrogens is 272 g/mol. The number of thiazole rings is 1. The van der Waals surface area contributed by atoms with Gasteiger partial charge in [-0.1, -0.05) is 25.7 Å². The summed E-state index contributed by atoms with van der Waals surface area (Å²) in [6.45, 7) is 2.28. The van der Waals surface area contributed by atoms with Crippen molar-refractivity contribution in [3.8, 4) is 0 Å². The third kappa shape index (κ3) is 5.12. The lowest BCUT2D eigenvalue weighted by molar-refractivity contribution is -0.143. The van der Waals surface area contributed by atoms with Crippen LogP contribution in [0.25, 0.3) is 0 Å². The molecule has 1 saturated carbocycles. The van der Waals surface area contributed by atoms with E-state index < -0.39 is 0 Å². The van der Waals surface area contributed by atoms with Crippen LogP contribution in [-0.2, 0) is 16.0 Å². The number of esters is 1. The molecule has 0 aliphatic heterocycles. The zero-order valence-corrected chi connectivity index (χ0v) is 13.0. The maximum absolute atomic E-state index is 11.3. The molecule has 0 unspecified atom stereocenters. The van der Waals surface area contributed by atoms with Gasteiger partial charge in [-0.2, -0.15) is 0 Å². The van der Waals surface area contributed by atoms with E-state index in [0.29, 0.717) is 25.5 Å². The zero-order valence-electron chi connectivity index (χ0n) is 12.2. The molecule has 112 valence electrons. The van der Waals surface area contributed by atoms with Crippen LogP contribution in [0.15, 0.2) is 5.38 Å². The molecule has 1 fully saturated rings. The molecule has 4 nitrogen and oxygen atoms in total. The number of anilines is 1. The van der Waals surface area contributed by atoms with Crippen molar-refractivity contribution in [2.45, 2.75) is 64.3 Å². The predicted molar refractivity (Wildman–Crippen MR) is 82.2 cm³/mol. The van der Waals surface area contributed by atoms with Crippen molar-refractivity contribution in [3.05, 3.63) is 11.1 Å². The molecule has 5 heteroatoms. The fourth-order valence-corrected chi connectivity index (χ4v) is 3.37. The number of hydrogen-bond donors (Lipinski definition) is 1. The van der Waals surface area contributed by atoms with Gasteiger partial charge < -0.3 is 10.1 Å². The molecule has 0 atom stereocenters. The highest BCUT2D eigenvalue weighted by Gasteiger charge is 2.13. The number of ether oxygens (including phenoxy) is 1. The first-order valence-corrected chi connectivity index (χ1v) is 8.52. The van der Waals surface area contributed by atoms with Gasteiger partial charge in [0.2, 0.25) is 0 Å². The van der Waals surface area contributed by atoms with Crippen LogP contribution < -0.4 is 5.32 Å². The van der Waals surface area contributed by atoms with Crippen LogP contribution in [0.1, 0.15) is 57.6 Å². The molecule has 2 rings (SSSR count). The minimum Gasteiger partial charge on any atom is -0.466 e. The van der Waals surface area contributed by atoms with Gasteiger partial charge in [-0.15, -0.1) is 11.3 Å². The number of aryl methyl sites for hydroxylation is 1. The van der Waals surface area contributed by atoms with Gasteiger partial charge in [-0.25, -0.2) is 4.98 Å². The summed E-state index contributed by atoms with van der Waals surface area (Å²) in [7, 11) is 0. The lowest BCUT2D eigenvalue weighted by atomic mass is 10.1. The third-order valence-corrected chi connectivity index (χ3v) is 4.45. The highest BCUT2D eigenvalue weighted by Crippen LogP contribution is 2.23. The van der Waals surface area contributed by atoms with Crippen molar-refractivity contribution in [2.75, 3.05) is 11.9 Å². The van der Waals surface area contributed by atoms with Crippen LogP contribution in [0.3, 0.4) is 0 Å². The van der Waals surface area contributed by atoms with Gasteiger partial charge in [0.15, 0.2) is 5.13 Å². The molecule has 0 amide bonds. The summed E-state index contributed by atoms with van der Waals surface area (Å²) in [5, 5.41) is 6.58. The second kappa shape index (κ2) is 8.25. The lowest BCUT2D eigenvalue weighted by Gasteiger charge is -2.14. The van der Waals surface area contributed by atoms with Crippen molar-refractivity contribution >= 4 is 22.4 Å². The summed E-state index contributed by atoms with van der Waals surface area (Å²) in [6, 6.07) is 0.571. The van der Waals surface area contributed by atoms with Gasteiger partial charge in [0, 0.05) is 17.8 Å². The van der Waals surface area contributed by atoms with Gasteiger partial charge in [0.1, 0.15) is 0 Å². The second-order valence-corrected chi connectivity index (χ2v) is 6.14. The van der Waals surface area contributed by atoms with E-state index >= 15 is 0 Å². The number of rotatable bonds is 6. The van der Waals surface area contributed by atoms with Crippen molar-refractivity contribution in [2.24, 2.45) is 0 Å². The molecule has 0 saturated heterocycles. The fourth-order valence-electron chi connectivity index (χ4n) is 2.55. The highest BCUT2D eigenvalue weighted by atomic mass is 32.1. The van der Waals surface area contributed by atoms with Gasteiger partial charge in [-0.05, 0) is 19.8 Å². The topological polar surface area (TPSA) is 51.2 Å². The van der Waals surface area contributed by atoms with E-state index in [-0.39, 0.29) is 5.97 Å². The van der Waals surface area contributed by atoms with Gasteiger partial charge in [0.25, 0.3) is 0 Å². The zero-order chi connectivity index (χ0) is 14.2. The SMILES string of the molecule is CCOC(=O)CCc1csc(NC2CCCCCC2)n1. The van der Waals surface area contributed by atoms with E-state index in [1.807, 2.05) is 12.3 Å². The Kier molecular flexibility index (Phi) is 6.30. The summed E-state index contributed by atoms with van der Waals surface area (Å²) in [4.78, 5) is 15.9. The Morgan fingerprint density at radius 1 is 1.40 bits per heavy atom. The van der Waals surface area contributed by atoms with Crippen LogP contribution in [0.2, 0.25) is 0 Å². The number of carbonyl (C=O) groups is 1. The molecule has 20 heavy (non-hydrogen) atoms. The molecule has 0 radical (unpaired) electrons. The average molecular weight is 296 g/mol. The Morgan fingerprint density at radius 2 is 2.15 bits per heavy atom. The summed E-state index contributed by atoms with van der Waals surface area (Å²) in [6.07, 6.45) is 8.94. The van der Waals surface area contributed by atoms with Crippen LogP contribution >= 0.6 is 11.3 Å². The standard InChI is InChI=1S/C15H24N2O2S/c1-2-19-14(18)10-9-13-11-20-15(17-13)16-12-7-5-3-4-6-8-12/h11-12H,2-10H2,1H3,(H,16,17). The van der Waals surface area contributed by atoms with Gasteiger partial charge >= 0.3 is 5.97 Å². The van der Waals surface area contributed by atoms with Crippen molar-refractivity contribution in [1.82, 2.24) is 4.98 Å². The quantitative estimate of drug-likeness (QED) is 0.641. The Morgan fingerprint density at radius 3 is 2.85 bits per heavy atom. The third-order valence-electron chi connectivity index (χ3n) is 3.63. The van der Waals surface area contributed by atoms with Crippen LogP contribution in [0, 0.1) is 0 Å². The molecular formula is C15H24N2O2S. The van der Waals surface area contributed by atoms with Crippen molar-refractivity contribution in [3.63, 3.8) is 0 Å². The first-order valence-electron chi connectivity index (χ1n) is 7.64. The van der Waals surface area contributed by atoms with Crippen LogP contribution in [-0.4, -0.2) is 23.6 Å². The average Bonchev–Trinajstić information content (AvgIpc) is 2.71.